The van der Waals surface area contributed by atoms with Crippen LogP contribution < -0.4 is 11.1 Å². The van der Waals surface area contributed by atoms with Gasteiger partial charge in [0.1, 0.15) is 0 Å². The van der Waals surface area contributed by atoms with Gasteiger partial charge in [0.2, 0.25) is 5.91 Å². The molecule has 0 saturated heterocycles. The van der Waals surface area contributed by atoms with Crippen LogP contribution in [-0.4, -0.2) is 41.5 Å². The molecule has 112 valence electrons. The fraction of sp³-hybridized carbons (Fsp3) is 0.933. The topological polar surface area (TPSA) is 58.4 Å². The van der Waals surface area contributed by atoms with Gasteiger partial charge in [0.25, 0.3) is 0 Å². The molecule has 4 heteroatoms. The summed E-state index contributed by atoms with van der Waals surface area (Å²) in [4.78, 5) is 14.3. The second kappa shape index (κ2) is 6.71. The Bertz CT molecular complexity index is 302. The Morgan fingerprint density at radius 2 is 2.00 bits per heavy atom. The van der Waals surface area contributed by atoms with Crippen LogP contribution in [0.2, 0.25) is 0 Å². The van der Waals surface area contributed by atoms with E-state index in [4.69, 9.17) is 5.73 Å². The van der Waals surface area contributed by atoms with Crippen molar-refractivity contribution < 1.29 is 4.79 Å². The molecule has 0 radical (unpaired) electrons. The maximum absolute atomic E-state index is 11.8. The minimum absolute atomic E-state index is 0.253. The van der Waals surface area contributed by atoms with Crippen molar-refractivity contribution in [3.63, 3.8) is 0 Å². The highest BCUT2D eigenvalue weighted by Crippen LogP contribution is 2.31. The molecule has 3 N–H and O–H groups in total. The van der Waals surface area contributed by atoms with Gasteiger partial charge in [-0.1, -0.05) is 6.92 Å². The van der Waals surface area contributed by atoms with Crippen molar-refractivity contribution in [2.45, 2.75) is 71.5 Å². The first kappa shape index (κ1) is 16.4. The van der Waals surface area contributed by atoms with Crippen LogP contribution in [0, 0.1) is 5.92 Å². The largest absolute Gasteiger partial charge is 0.368 e. The second-order valence-electron chi connectivity index (χ2n) is 6.58. The summed E-state index contributed by atoms with van der Waals surface area (Å²) in [6.07, 6.45) is 3.49. The third kappa shape index (κ3) is 5.11. The Kier molecular flexibility index (Phi) is 5.81. The third-order valence-corrected chi connectivity index (χ3v) is 4.07. The highest BCUT2D eigenvalue weighted by Gasteiger charge is 2.35. The van der Waals surface area contributed by atoms with Gasteiger partial charge in [0.05, 0.1) is 5.54 Å². The van der Waals surface area contributed by atoms with Crippen molar-refractivity contribution in [3.05, 3.63) is 0 Å². The molecule has 0 bridgehead atoms. The molecule has 0 heterocycles. The minimum atomic E-state index is -0.620. The number of nitrogens with one attached hydrogen (secondary N) is 1. The van der Waals surface area contributed by atoms with Gasteiger partial charge in [0.15, 0.2) is 0 Å². The van der Waals surface area contributed by atoms with E-state index < -0.39 is 5.54 Å². The molecule has 2 atom stereocenters. The minimum Gasteiger partial charge on any atom is -0.368 e. The monoisotopic (exact) mass is 269 g/mol. The maximum atomic E-state index is 11.8. The van der Waals surface area contributed by atoms with Crippen molar-refractivity contribution in [2.75, 3.05) is 13.1 Å². The summed E-state index contributed by atoms with van der Waals surface area (Å²) in [5.41, 5.74) is 4.98. The number of hydrogen-bond donors (Lipinski definition) is 2. The molecule has 1 saturated carbocycles. The van der Waals surface area contributed by atoms with Gasteiger partial charge in [-0.2, -0.15) is 0 Å². The predicted octanol–water partition coefficient (Wildman–Crippen LogP) is 1.74. The van der Waals surface area contributed by atoms with Crippen LogP contribution in [0.4, 0.5) is 0 Å². The molecule has 0 aromatic carbocycles. The molecule has 1 fully saturated rings. The number of primary amides is 1. The van der Waals surface area contributed by atoms with E-state index >= 15 is 0 Å². The summed E-state index contributed by atoms with van der Waals surface area (Å²) in [5, 5.41) is 3.33. The Morgan fingerprint density at radius 3 is 2.37 bits per heavy atom. The molecule has 19 heavy (non-hydrogen) atoms. The number of nitrogens with zero attached hydrogens (tertiary/aromatic N) is 1. The molecule has 0 aliphatic heterocycles. The molecule has 1 aliphatic rings. The molecule has 1 rings (SSSR count). The van der Waals surface area contributed by atoms with Crippen molar-refractivity contribution >= 4 is 5.91 Å². The van der Waals surface area contributed by atoms with E-state index in [-0.39, 0.29) is 11.9 Å². The smallest absolute Gasteiger partial charge is 0.237 e. The Labute approximate surface area is 118 Å². The van der Waals surface area contributed by atoms with Gasteiger partial charge >= 0.3 is 0 Å². The summed E-state index contributed by atoms with van der Waals surface area (Å²) in [6.45, 7) is 12.6. The number of amides is 1. The molecular weight excluding hydrogens is 238 g/mol. The molecule has 0 aromatic rings. The Balaban J connectivity index is 2.62. The lowest BCUT2D eigenvalue weighted by Gasteiger charge is -2.36. The van der Waals surface area contributed by atoms with Crippen LogP contribution in [-0.2, 0) is 4.79 Å². The van der Waals surface area contributed by atoms with Gasteiger partial charge in [0, 0.05) is 18.6 Å². The quantitative estimate of drug-likeness (QED) is 0.670. The predicted molar refractivity (Wildman–Crippen MR) is 79.9 cm³/mol. The summed E-state index contributed by atoms with van der Waals surface area (Å²) < 4.78 is 0. The van der Waals surface area contributed by atoms with Crippen LogP contribution in [0.1, 0.15) is 53.9 Å². The van der Waals surface area contributed by atoms with Crippen LogP contribution in [0.15, 0.2) is 0 Å². The van der Waals surface area contributed by atoms with E-state index in [0.29, 0.717) is 6.04 Å². The third-order valence-electron chi connectivity index (χ3n) is 4.07. The fourth-order valence-corrected chi connectivity index (χ4v) is 2.84. The standard InChI is InChI=1S/C15H31N3O/c1-6-18(10-13-7-8-13)12(4)9-15(5,14(16)19)17-11(2)3/h11-13,17H,6-10H2,1-5H3,(H2,16,19). The van der Waals surface area contributed by atoms with Crippen molar-refractivity contribution in [2.24, 2.45) is 11.7 Å². The van der Waals surface area contributed by atoms with Crippen LogP contribution >= 0.6 is 0 Å². The van der Waals surface area contributed by atoms with Crippen molar-refractivity contribution in [1.82, 2.24) is 10.2 Å². The van der Waals surface area contributed by atoms with Gasteiger partial charge in [-0.3, -0.25) is 4.79 Å². The summed E-state index contributed by atoms with van der Waals surface area (Å²) in [6, 6.07) is 0.623. The molecule has 2 unspecified atom stereocenters. The van der Waals surface area contributed by atoms with E-state index in [0.717, 1.165) is 25.4 Å². The van der Waals surface area contributed by atoms with Gasteiger partial charge in [-0.05, 0) is 59.4 Å². The molecule has 0 aromatic heterocycles. The molecule has 1 amide bonds. The lowest BCUT2D eigenvalue weighted by Crippen LogP contribution is -2.58. The number of hydrogen-bond acceptors (Lipinski definition) is 3. The van der Waals surface area contributed by atoms with Crippen LogP contribution in [0.3, 0.4) is 0 Å². The number of carbonyl (C=O) groups excluding carboxylic acids is 1. The SMILES string of the molecule is CCN(CC1CC1)C(C)CC(C)(NC(C)C)C(N)=O. The first-order chi connectivity index (χ1) is 8.78. The van der Waals surface area contributed by atoms with Crippen LogP contribution in [0.5, 0.6) is 0 Å². The summed E-state index contributed by atoms with van der Waals surface area (Å²) >= 11 is 0. The van der Waals surface area contributed by atoms with E-state index in [1.54, 1.807) is 0 Å². The summed E-state index contributed by atoms with van der Waals surface area (Å²) in [7, 11) is 0. The second-order valence-corrected chi connectivity index (χ2v) is 6.58. The van der Waals surface area contributed by atoms with Crippen molar-refractivity contribution in [3.8, 4) is 0 Å². The van der Waals surface area contributed by atoms with E-state index in [2.05, 4.69) is 24.1 Å². The van der Waals surface area contributed by atoms with E-state index in [1.807, 2.05) is 20.8 Å². The highest BCUT2D eigenvalue weighted by atomic mass is 16.1. The first-order valence-electron chi connectivity index (χ1n) is 7.60. The lowest BCUT2D eigenvalue weighted by molar-refractivity contribution is -0.124. The summed E-state index contributed by atoms with van der Waals surface area (Å²) in [5.74, 6) is 0.621. The average Bonchev–Trinajstić information content (AvgIpc) is 3.07. The zero-order valence-corrected chi connectivity index (χ0v) is 13.2. The van der Waals surface area contributed by atoms with Gasteiger partial charge in [-0.15, -0.1) is 0 Å². The maximum Gasteiger partial charge on any atom is 0.237 e. The molecule has 4 nitrogen and oxygen atoms in total. The zero-order valence-electron chi connectivity index (χ0n) is 13.2. The van der Waals surface area contributed by atoms with Crippen LogP contribution in [0.25, 0.3) is 0 Å². The van der Waals surface area contributed by atoms with E-state index in [9.17, 15) is 4.79 Å². The van der Waals surface area contributed by atoms with Gasteiger partial charge in [-0.25, -0.2) is 0 Å². The number of rotatable bonds is 9. The zero-order chi connectivity index (χ0) is 14.6. The Morgan fingerprint density at radius 1 is 1.42 bits per heavy atom. The van der Waals surface area contributed by atoms with Crippen molar-refractivity contribution in [1.29, 1.82) is 0 Å². The number of carbonyl (C=O) groups is 1. The number of nitrogens with two attached hydrogens (primary N) is 1. The molecular formula is C15H31N3O. The first-order valence-corrected chi connectivity index (χ1v) is 7.60. The lowest BCUT2D eigenvalue weighted by atomic mass is 9.91. The Hall–Kier alpha value is -0.610. The highest BCUT2D eigenvalue weighted by molar-refractivity contribution is 5.84. The average molecular weight is 269 g/mol. The normalized spacial score (nSPS) is 20.6. The fourth-order valence-electron chi connectivity index (χ4n) is 2.84. The van der Waals surface area contributed by atoms with Gasteiger partial charge < -0.3 is 16.0 Å². The molecule has 1 aliphatic carbocycles. The molecule has 0 spiro atoms. The van der Waals surface area contributed by atoms with E-state index in [1.165, 1.54) is 12.8 Å².